The molecule has 0 spiro atoms. The molecular formula is C8H12FNO. The van der Waals surface area contributed by atoms with Gasteiger partial charge in [0.05, 0.1) is 0 Å². The van der Waals surface area contributed by atoms with Crippen molar-refractivity contribution in [3.63, 3.8) is 0 Å². The molecule has 0 aliphatic heterocycles. The molecule has 3 heteroatoms. The van der Waals surface area contributed by atoms with Gasteiger partial charge in [-0.2, -0.15) is 4.39 Å². The Morgan fingerprint density at radius 1 is 1.55 bits per heavy atom. The van der Waals surface area contributed by atoms with E-state index < -0.39 is 6.01 Å². The van der Waals surface area contributed by atoms with Crippen LogP contribution in [0, 0.1) is 6.01 Å². The van der Waals surface area contributed by atoms with Crippen LogP contribution in [0.3, 0.4) is 0 Å². The number of nitrogens with one attached hydrogen (secondary N) is 1. The van der Waals surface area contributed by atoms with Gasteiger partial charge in [-0.05, 0) is 26.1 Å². The van der Waals surface area contributed by atoms with Gasteiger partial charge in [-0.1, -0.05) is 0 Å². The number of rotatable bonds is 4. The second-order valence-corrected chi connectivity index (χ2v) is 2.41. The van der Waals surface area contributed by atoms with E-state index in [1.54, 1.807) is 6.07 Å². The summed E-state index contributed by atoms with van der Waals surface area (Å²) in [5.41, 5.74) is 0. The van der Waals surface area contributed by atoms with E-state index in [9.17, 15) is 4.39 Å². The van der Waals surface area contributed by atoms with Crippen LogP contribution in [-0.4, -0.2) is 13.6 Å². The van der Waals surface area contributed by atoms with Gasteiger partial charge >= 0.3 is 0 Å². The molecule has 1 rings (SSSR count). The molecule has 1 aromatic rings. The Labute approximate surface area is 65.4 Å². The molecule has 62 valence electrons. The molecule has 0 unspecified atom stereocenters. The highest BCUT2D eigenvalue weighted by Gasteiger charge is 1.98. The lowest BCUT2D eigenvalue weighted by atomic mass is 10.2. The molecule has 0 saturated heterocycles. The summed E-state index contributed by atoms with van der Waals surface area (Å²) in [6.45, 7) is 0.933. The van der Waals surface area contributed by atoms with E-state index in [0.29, 0.717) is 0 Å². The maximum atomic E-state index is 12.3. The first-order valence-electron chi connectivity index (χ1n) is 3.72. The topological polar surface area (TPSA) is 25.2 Å². The first kappa shape index (κ1) is 8.27. The van der Waals surface area contributed by atoms with E-state index in [1.165, 1.54) is 6.07 Å². The molecule has 0 aliphatic rings. The Kier molecular flexibility index (Phi) is 3.11. The predicted octanol–water partition coefficient (Wildman–Crippen LogP) is 1.57. The summed E-state index contributed by atoms with van der Waals surface area (Å²) in [6, 6.07) is 2.52. The molecule has 0 amide bonds. The minimum atomic E-state index is -0.496. The Morgan fingerprint density at radius 3 is 2.91 bits per heavy atom. The molecule has 2 nitrogen and oxygen atoms in total. The lowest BCUT2D eigenvalue weighted by Gasteiger charge is -1.95. The van der Waals surface area contributed by atoms with Crippen LogP contribution < -0.4 is 5.32 Å². The van der Waals surface area contributed by atoms with Crippen molar-refractivity contribution in [2.24, 2.45) is 0 Å². The Balaban J connectivity index is 2.27. The van der Waals surface area contributed by atoms with Gasteiger partial charge in [0.1, 0.15) is 5.76 Å². The zero-order valence-corrected chi connectivity index (χ0v) is 6.56. The van der Waals surface area contributed by atoms with Gasteiger partial charge in [0.2, 0.25) is 0 Å². The van der Waals surface area contributed by atoms with Crippen LogP contribution in [0.5, 0.6) is 0 Å². The average molecular weight is 157 g/mol. The van der Waals surface area contributed by atoms with E-state index in [1.807, 2.05) is 7.05 Å². The van der Waals surface area contributed by atoms with Crippen LogP contribution in [-0.2, 0) is 6.42 Å². The molecule has 0 fully saturated rings. The molecule has 11 heavy (non-hydrogen) atoms. The predicted molar refractivity (Wildman–Crippen MR) is 40.9 cm³/mol. The summed E-state index contributed by atoms with van der Waals surface area (Å²) in [5, 5.41) is 3.01. The zero-order valence-electron chi connectivity index (χ0n) is 6.56. The molecular weight excluding hydrogens is 145 g/mol. The first-order chi connectivity index (χ1) is 5.33. The quantitative estimate of drug-likeness (QED) is 0.671. The highest BCUT2D eigenvalue weighted by atomic mass is 19.1. The monoisotopic (exact) mass is 157 g/mol. The van der Waals surface area contributed by atoms with Crippen molar-refractivity contribution in [3.05, 3.63) is 23.9 Å². The molecule has 0 radical (unpaired) electrons. The van der Waals surface area contributed by atoms with E-state index in [-0.39, 0.29) is 0 Å². The van der Waals surface area contributed by atoms with Crippen LogP contribution in [0.2, 0.25) is 0 Å². The van der Waals surface area contributed by atoms with Crippen molar-refractivity contribution >= 4 is 0 Å². The Hall–Kier alpha value is -0.830. The maximum absolute atomic E-state index is 12.3. The molecule has 0 atom stereocenters. The summed E-state index contributed by atoms with van der Waals surface area (Å²) in [7, 11) is 1.89. The molecule has 1 N–H and O–H groups in total. The van der Waals surface area contributed by atoms with E-state index in [2.05, 4.69) is 5.32 Å². The molecule has 1 heterocycles. The fraction of sp³-hybridized carbons (Fsp3) is 0.500. The number of aryl methyl sites for hydroxylation is 1. The van der Waals surface area contributed by atoms with E-state index >= 15 is 0 Å². The van der Waals surface area contributed by atoms with Gasteiger partial charge in [0.25, 0.3) is 6.01 Å². The first-order valence-corrected chi connectivity index (χ1v) is 3.72. The lowest BCUT2D eigenvalue weighted by Crippen LogP contribution is -2.07. The van der Waals surface area contributed by atoms with Gasteiger partial charge in [-0.15, -0.1) is 0 Å². The number of furan rings is 1. The summed E-state index contributed by atoms with van der Waals surface area (Å²) in [4.78, 5) is 0. The largest absolute Gasteiger partial charge is 0.436 e. The van der Waals surface area contributed by atoms with Crippen molar-refractivity contribution in [2.75, 3.05) is 13.6 Å². The van der Waals surface area contributed by atoms with Crippen LogP contribution in [0.15, 0.2) is 16.5 Å². The van der Waals surface area contributed by atoms with Gasteiger partial charge in [-0.3, -0.25) is 0 Å². The molecule has 1 aromatic heterocycles. The Morgan fingerprint density at radius 2 is 2.36 bits per heavy atom. The molecule has 0 saturated carbocycles. The van der Waals surface area contributed by atoms with Crippen LogP contribution in [0.25, 0.3) is 0 Å². The average Bonchev–Trinajstić information content (AvgIpc) is 2.37. The van der Waals surface area contributed by atoms with Gasteiger partial charge < -0.3 is 9.73 Å². The van der Waals surface area contributed by atoms with Crippen molar-refractivity contribution in [2.45, 2.75) is 12.8 Å². The molecule has 0 aliphatic carbocycles. The lowest BCUT2D eigenvalue weighted by molar-refractivity contribution is 0.336. The second-order valence-electron chi connectivity index (χ2n) is 2.41. The van der Waals surface area contributed by atoms with E-state index in [0.717, 1.165) is 25.1 Å². The fourth-order valence-corrected chi connectivity index (χ4v) is 0.926. The van der Waals surface area contributed by atoms with Crippen molar-refractivity contribution in [1.29, 1.82) is 0 Å². The maximum Gasteiger partial charge on any atom is 0.277 e. The standard InChI is InChI=1S/C8H12FNO/c1-10-6-2-3-7-4-5-8(9)11-7/h4-5,10H,2-3,6H2,1H3. The molecule has 0 aromatic carbocycles. The third kappa shape index (κ3) is 2.72. The minimum absolute atomic E-state index is 0.496. The summed E-state index contributed by atoms with van der Waals surface area (Å²) in [6.07, 6.45) is 1.77. The Bertz CT molecular complexity index is 210. The van der Waals surface area contributed by atoms with Crippen molar-refractivity contribution < 1.29 is 8.81 Å². The second kappa shape index (κ2) is 4.13. The number of halogens is 1. The highest BCUT2D eigenvalue weighted by molar-refractivity contribution is 4.99. The van der Waals surface area contributed by atoms with Gasteiger partial charge in [0.15, 0.2) is 0 Å². The third-order valence-corrected chi connectivity index (χ3v) is 1.48. The third-order valence-electron chi connectivity index (χ3n) is 1.48. The smallest absolute Gasteiger partial charge is 0.277 e. The normalized spacial score (nSPS) is 10.4. The summed E-state index contributed by atoms with van der Waals surface area (Å²) in [5.74, 6) is 0.720. The van der Waals surface area contributed by atoms with Crippen LogP contribution >= 0.6 is 0 Å². The fourth-order valence-electron chi connectivity index (χ4n) is 0.926. The summed E-state index contributed by atoms with van der Waals surface area (Å²) >= 11 is 0. The van der Waals surface area contributed by atoms with Crippen LogP contribution in [0.4, 0.5) is 4.39 Å². The van der Waals surface area contributed by atoms with Gasteiger partial charge in [-0.25, -0.2) is 0 Å². The number of hydrogen-bond donors (Lipinski definition) is 1. The van der Waals surface area contributed by atoms with Crippen molar-refractivity contribution in [1.82, 2.24) is 5.32 Å². The van der Waals surface area contributed by atoms with Crippen molar-refractivity contribution in [3.8, 4) is 0 Å². The summed E-state index contributed by atoms with van der Waals surface area (Å²) < 4.78 is 17.0. The zero-order chi connectivity index (χ0) is 8.10. The SMILES string of the molecule is CNCCCc1ccc(F)o1. The molecule has 0 bridgehead atoms. The van der Waals surface area contributed by atoms with Crippen LogP contribution in [0.1, 0.15) is 12.2 Å². The number of hydrogen-bond acceptors (Lipinski definition) is 2. The highest BCUT2D eigenvalue weighted by Crippen LogP contribution is 2.07. The van der Waals surface area contributed by atoms with E-state index in [4.69, 9.17) is 4.42 Å². The van der Waals surface area contributed by atoms with Gasteiger partial charge in [0, 0.05) is 12.5 Å². The minimum Gasteiger partial charge on any atom is -0.436 e.